The molecule has 4 rings (SSSR count). The minimum absolute atomic E-state index is 0.0278. The molecule has 2 heterocycles. The van der Waals surface area contributed by atoms with Gasteiger partial charge in [0.05, 0.1) is 10.1 Å². The summed E-state index contributed by atoms with van der Waals surface area (Å²) in [5, 5.41) is 7.93. The van der Waals surface area contributed by atoms with Crippen LogP contribution >= 0.6 is 11.8 Å². The van der Waals surface area contributed by atoms with E-state index in [4.69, 9.17) is 4.42 Å². The number of piperidine rings is 1. The molecule has 162 valence electrons. The average molecular weight is 458 g/mol. The fourth-order valence-corrected chi connectivity index (χ4v) is 5.78. The van der Waals surface area contributed by atoms with E-state index in [0.717, 1.165) is 19.3 Å². The van der Waals surface area contributed by atoms with Gasteiger partial charge < -0.3 is 4.42 Å². The Kier molecular flexibility index (Phi) is 6.54. The number of Topliss-reactive ketones (excluding diaryl/α,β-unsaturated/α-hetero) is 1. The highest BCUT2D eigenvalue weighted by atomic mass is 32.2. The van der Waals surface area contributed by atoms with Gasteiger partial charge in [-0.3, -0.25) is 4.79 Å². The molecule has 1 aliphatic rings. The normalized spacial score (nSPS) is 16.2. The van der Waals surface area contributed by atoms with Gasteiger partial charge in [0.1, 0.15) is 0 Å². The van der Waals surface area contributed by atoms with Crippen LogP contribution in [0.1, 0.15) is 36.5 Å². The second-order valence-corrected chi connectivity index (χ2v) is 10.6. The molecule has 3 aromatic rings. The van der Waals surface area contributed by atoms with Crippen LogP contribution in [0.25, 0.3) is 11.5 Å². The lowest BCUT2D eigenvalue weighted by atomic mass is 10.1. The van der Waals surface area contributed by atoms with Gasteiger partial charge in [0.2, 0.25) is 15.9 Å². The maximum atomic E-state index is 12.9. The molecule has 1 fully saturated rings. The van der Waals surface area contributed by atoms with Gasteiger partial charge in [0, 0.05) is 24.2 Å². The van der Waals surface area contributed by atoms with Gasteiger partial charge in [0.15, 0.2) is 5.78 Å². The van der Waals surface area contributed by atoms with Crippen LogP contribution in [0.3, 0.4) is 0 Å². The molecule has 0 aliphatic carbocycles. The Labute approximate surface area is 185 Å². The van der Waals surface area contributed by atoms with Crippen molar-refractivity contribution in [1.29, 1.82) is 0 Å². The second-order valence-electron chi connectivity index (χ2n) is 7.36. The molecule has 0 radical (unpaired) electrons. The van der Waals surface area contributed by atoms with E-state index in [1.54, 1.807) is 43.3 Å². The van der Waals surface area contributed by atoms with Gasteiger partial charge in [-0.1, -0.05) is 54.6 Å². The summed E-state index contributed by atoms with van der Waals surface area (Å²) in [5.74, 6) is 0.192. The molecule has 0 spiro atoms. The van der Waals surface area contributed by atoms with Crippen LogP contribution in [-0.4, -0.2) is 47.0 Å². The summed E-state index contributed by atoms with van der Waals surface area (Å²) >= 11 is 1.18. The quantitative estimate of drug-likeness (QED) is 0.386. The van der Waals surface area contributed by atoms with Gasteiger partial charge in [-0.15, -0.1) is 10.2 Å². The Morgan fingerprint density at radius 3 is 2.52 bits per heavy atom. The Morgan fingerprint density at radius 2 is 1.77 bits per heavy atom. The number of carbonyl (C=O) groups is 1. The predicted molar refractivity (Wildman–Crippen MR) is 118 cm³/mol. The number of thioether (sulfide) groups is 1. The van der Waals surface area contributed by atoms with Crippen LogP contribution in [0.5, 0.6) is 0 Å². The van der Waals surface area contributed by atoms with Crippen molar-refractivity contribution in [3.8, 4) is 11.5 Å². The molecule has 1 aliphatic heterocycles. The first-order chi connectivity index (χ1) is 14.9. The van der Waals surface area contributed by atoms with Crippen molar-refractivity contribution in [3.05, 3.63) is 60.2 Å². The van der Waals surface area contributed by atoms with E-state index in [-0.39, 0.29) is 21.8 Å². The summed E-state index contributed by atoms with van der Waals surface area (Å²) < 4.78 is 33.1. The van der Waals surface area contributed by atoms with Crippen molar-refractivity contribution in [3.63, 3.8) is 0 Å². The molecule has 0 saturated carbocycles. The van der Waals surface area contributed by atoms with Crippen molar-refractivity contribution in [2.75, 3.05) is 13.1 Å². The van der Waals surface area contributed by atoms with Gasteiger partial charge >= 0.3 is 0 Å². The highest BCUT2D eigenvalue weighted by Crippen LogP contribution is 2.29. The van der Waals surface area contributed by atoms with Gasteiger partial charge in [-0.05, 0) is 38.0 Å². The topological polar surface area (TPSA) is 93.4 Å². The molecule has 31 heavy (non-hydrogen) atoms. The lowest BCUT2D eigenvalue weighted by Gasteiger charge is -2.25. The fraction of sp³-hybridized carbons (Fsp3) is 0.318. The Bertz CT molecular complexity index is 1160. The van der Waals surface area contributed by atoms with E-state index in [9.17, 15) is 13.2 Å². The smallest absolute Gasteiger partial charge is 0.277 e. The Morgan fingerprint density at radius 1 is 1.03 bits per heavy atom. The van der Waals surface area contributed by atoms with Gasteiger partial charge in [-0.25, -0.2) is 8.42 Å². The molecule has 1 unspecified atom stereocenters. The van der Waals surface area contributed by atoms with E-state index in [1.807, 2.05) is 18.2 Å². The molecule has 1 atom stereocenters. The molecule has 2 aromatic carbocycles. The maximum Gasteiger partial charge on any atom is 0.277 e. The van der Waals surface area contributed by atoms with Crippen LogP contribution < -0.4 is 0 Å². The van der Waals surface area contributed by atoms with Crippen molar-refractivity contribution < 1.29 is 17.6 Å². The van der Waals surface area contributed by atoms with Crippen molar-refractivity contribution in [1.82, 2.24) is 14.5 Å². The zero-order valence-electron chi connectivity index (χ0n) is 17.1. The number of hydrogen-bond acceptors (Lipinski definition) is 7. The van der Waals surface area contributed by atoms with E-state index in [0.29, 0.717) is 24.2 Å². The molecule has 7 nitrogen and oxygen atoms in total. The highest BCUT2D eigenvalue weighted by molar-refractivity contribution is 8.00. The largest absolute Gasteiger partial charge is 0.411 e. The number of ketones is 1. The third-order valence-electron chi connectivity index (χ3n) is 5.15. The second kappa shape index (κ2) is 9.33. The molecule has 0 N–H and O–H groups in total. The number of hydrogen-bond donors (Lipinski definition) is 0. The fourth-order valence-electron chi connectivity index (χ4n) is 3.46. The zero-order valence-corrected chi connectivity index (χ0v) is 18.7. The summed E-state index contributed by atoms with van der Waals surface area (Å²) in [6, 6.07) is 15.6. The van der Waals surface area contributed by atoms with E-state index in [2.05, 4.69) is 10.2 Å². The summed E-state index contributed by atoms with van der Waals surface area (Å²) in [4.78, 5) is 12.8. The SMILES string of the molecule is CC(Sc1nnc(-c2cccc(S(=O)(=O)N3CCCCC3)c2)o1)C(=O)c1ccccc1. The maximum absolute atomic E-state index is 12.9. The molecule has 9 heteroatoms. The Hall–Kier alpha value is -2.49. The van der Waals surface area contributed by atoms with E-state index in [1.165, 1.54) is 16.1 Å². The zero-order chi connectivity index (χ0) is 21.8. The predicted octanol–water partition coefficient (Wildman–Crippen LogP) is 4.27. The molecule has 1 saturated heterocycles. The Balaban J connectivity index is 1.50. The van der Waals surface area contributed by atoms with Crippen molar-refractivity contribution in [2.24, 2.45) is 0 Å². The lowest BCUT2D eigenvalue weighted by Crippen LogP contribution is -2.35. The minimum atomic E-state index is -3.55. The molecular formula is C22H23N3O4S2. The molecule has 0 bridgehead atoms. The number of carbonyl (C=O) groups excluding carboxylic acids is 1. The van der Waals surface area contributed by atoms with E-state index < -0.39 is 15.3 Å². The molecule has 0 amide bonds. The van der Waals surface area contributed by atoms with Crippen LogP contribution in [0.2, 0.25) is 0 Å². The van der Waals surface area contributed by atoms with Crippen LogP contribution in [0, 0.1) is 0 Å². The van der Waals surface area contributed by atoms with Crippen LogP contribution in [0.4, 0.5) is 0 Å². The lowest BCUT2D eigenvalue weighted by molar-refractivity contribution is 0.0993. The summed E-state index contributed by atoms with van der Waals surface area (Å²) in [6.45, 7) is 2.87. The van der Waals surface area contributed by atoms with E-state index >= 15 is 0 Å². The number of benzene rings is 2. The number of aromatic nitrogens is 2. The summed E-state index contributed by atoms with van der Waals surface area (Å²) in [7, 11) is -3.55. The molecular weight excluding hydrogens is 434 g/mol. The van der Waals surface area contributed by atoms with Crippen LogP contribution in [0.15, 0.2) is 69.1 Å². The summed E-state index contributed by atoms with van der Waals surface area (Å²) in [5.41, 5.74) is 1.15. The first-order valence-corrected chi connectivity index (χ1v) is 12.5. The third kappa shape index (κ3) is 4.89. The van der Waals surface area contributed by atoms with Crippen LogP contribution in [-0.2, 0) is 10.0 Å². The first kappa shape index (κ1) is 21.7. The number of nitrogens with zero attached hydrogens (tertiary/aromatic N) is 3. The molecule has 1 aromatic heterocycles. The average Bonchev–Trinajstić information content (AvgIpc) is 3.28. The van der Waals surface area contributed by atoms with Crippen molar-refractivity contribution in [2.45, 2.75) is 41.6 Å². The first-order valence-electron chi connectivity index (χ1n) is 10.1. The standard InChI is InChI=1S/C22H23N3O4S2/c1-16(20(26)17-9-4-2-5-10-17)30-22-24-23-21(29-22)18-11-8-12-19(15-18)31(27,28)25-13-6-3-7-14-25/h2,4-5,8-12,15-16H,3,6-7,13-14H2,1H3. The van der Waals surface area contributed by atoms with Gasteiger partial charge in [-0.2, -0.15) is 4.31 Å². The number of sulfonamides is 1. The van der Waals surface area contributed by atoms with Gasteiger partial charge in [0.25, 0.3) is 5.22 Å². The van der Waals surface area contributed by atoms with Crippen molar-refractivity contribution >= 4 is 27.6 Å². The summed E-state index contributed by atoms with van der Waals surface area (Å²) in [6.07, 6.45) is 2.81. The minimum Gasteiger partial charge on any atom is -0.411 e. The highest BCUT2D eigenvalue weighted by Gasteiger charge is 2.27. The monoisotopic (exact) mass is 457 g/mol. The third-order valence-corrected chi connectivity index (χ3v) is 7.97. The number of rotatable bonds is 7.